The average molecular weight is 445 g/mol. The van der Waals surface area contributed by atoms with Crippen LogP contribution in [-0.4, -0.2) is 43.5 Å². The van der Waals surface area contributed by atoms with Crippen molar-refractivity contribution in [2.75, 3.05) is 27.9 Å². The number of esters is 1. The summed E-state index contributed by atoms with van der Waals surface area (Å²) in [5.41, 5.74) is 2.76. The first-order valence-corrected chi connectivity index (χ1v) is 10.2. The largest absolute Gasteiger partial charge is 0.493 e. The third-order valence-electron chi connectivity index (χ3n) is 4.77. The van der Waals surface area contributed by atoms with Crippen LogP contribution in [0, 0.1) is 0 Å². The maximum atomic E-state index is 12.1. The third-order valence-corrected chi connectivity index (χ3v) is 5.05. The van der Waals surface area contributed by atoms with E-state index in [9.17, 15) is 4.79 Å². The Balaban J connectivity index is 2.08. The molecule has 164 valence electrons. The Morgan fingerprint density at radius 3 is 2.29 bits per heavy atom. The molecule has 0 amide bonds. The van der Waals surface area contributed by atoms with Crippen LogP contribution in [0.4, 0.5) is 0 Å². The van der Waals surface area contributed by atoms with Crippen molar-refractivity contribution in [1.29, 1.82) is 0 Å². The number of rotatable bonds is 8. The van der Waals surface area contributed by atoms with E-state index in [-0.39, 0.29) is 5.97 Å². The summed E-state index contributed by atoms with van der Waals surface area (Å²) in [5, 5.41) is 0.435. The quantitative estimate of drug-likeness (QED) is 0.455. The number of ether oxygens (including phenoxy) is 4. The number of methoxy groups -OCH3 is 3. The lowest BCUT2D eigenvalue weighted by atomic mass is 10.1. The van der Waals surface area contributed by atoms with Crippen LogP contribution < -0.4 is 14.2 Å². The molecule has 0 fully saturated rings. The van der Waals surface area contributed by atoms with Gasteiger partial charge in [0.2, 0.25) is 5.75 Å². The second-order valence-electron chi connectivity index (χ2n) is 6.55. The lowest BCUT2D eigenvalue weighted by Crippen LogP contribution is -2.04. The number of benzene rings is 2. The molecule has 0 aliphatic rings. The molecule has 31 heavy (non-hydrogen) atoms. The highest BCUT2D eigenvalue weighted by Crippen LogP contribution is 2.39. The lowest BCUT2D eigenvalue weighted by Gasteiger charge is -2.13. The number of aromatic nitrogens is 2. The van der Waals surface area contributed by atoms with Crippen molar-refractivity contribution in [2.45, 2.75) is 20.4 Å². The van der Waals surface area contributed by atoms with Gasteiger partial charge >= 0.3 is 5.97 Å². The van der Waals surface area contributed by atoms with Gasteiger partial charge in [0.05, 0.1) is 49.6 Å². The van der Waals surface area contributed by atoms with Gasteiger partial charge in [-0.15, -0.1) is 0 Å². The first kappa shape index (κ1) is 22.5. The van der Waals surface area contributed by atoms with Crippen molar-refractivity contribution in [3.8, 4) is 17.2 Å². The molecule has 1 aromatic heterocycles. The Kier molecular flexibility index (Phi) is 7.07. The topological polar surface area (TPSA) is 71.8 Å². The van der Waals surface area contributed by atoms with Crippen LogP contribution in [-0.2, 0) is 11.3 Å². The van der Waals surface area contributed by atoms with Crippen LogP contribution in [0.15, 0.2) is 30.3 Å². The van der Waals surface area contributed by atoms with Gasteiger partial charge < -0.3 is 23.5 Å². The highest BCUT2D eigenvalue weighted by molar-refractivity contribution is 6.51. The number of nitrogens with zero attached hydrogens (tertiary/aromatic N) is 2. The fraction of sp³-hybridized carbons (Fsp3) is 0.304. The number of halogens is 1. The predicted octanol–water partition coefficient (Wildman–Crippen LogP) is 5.00. The summed E-state index contributed by atoms with van der Waals surface area (Å²) in [7, 11) is 4.67. The van der Waals surface area contributed by atoms with E-state index in [4.69, 9.17) is 30.5 Å². The molecule has 0 bridgehead atoms. The van der Waals surface area contributed by atoms with Gasteiger partial charge in [-0.05, 0) is 55.8 Å². The second-order valence-corrected chi connectivity index (χ2v) is 6.96. The molecule has 7 nitrogen and oxygen atoms in total. The first-order valence-electron chi connectivity index (χ1n) is 9.82. The molecule has 0 aliphatic carbocycles. The Bertz CT molecular complexity index is 1110. The van der Waals surface area contributed by atoms with Crippen LogP contribution in [0.1, 0.15) is 35.6 Å². The van der Waals surface area contributed by atoms with E-state index in [1.54, 1.807) is 46.5 Å². The van der Waals surface area contributed by atoms with Gasteiger partial charge in [-0.3, -0.25) is 0 Å². The summed E-state index contributed by atoms with van der Waals surface area (Å²) in [6.45, 7) is 4.75. The van der Waals surface area contributed by atoms with Gasteiger partial charge in [0.25, 0.3) is 0 Å². The van der Waals surface area contributed by atoms with Crippen molar-refractivity contribution >= 4 is 39.7 Å². The summed E-state index contributed by atoms with van der Waals surface area (Å²) in [6, 6.07) is 8.91. The fourth-order valence-corrected chi connectivity index (χ4v) is 3.64. The van der Waals surface area contributed by atoms with Crippen molar-refractivity contribution in [3.05, 3.63) is 47.3 Å². The molecule has 0 atom stereocenters. The van der Waals surface area contributed by atoms with E-state index in [0.29, 0.717) is 52.3 Å². The van der Waals surface area contributed by atoms with Gasteiger partial charge in [-0.2, -0.15) is 0 Å². The number of fused-ring (bicyclic) bond motifs is 1. The van der Waals surface area contributed by atoms with E-state index < -0.39 is 0 Å². The summed E-state index contributed by atoms with van der Waals surface area (Å²) in [5.74, 6) is 1.77. The highest BCUT2D eigenvalue weighted by atomic mass is 35.5. The zero-order chi connectivity index (χ0) is 22.5. The molecule has 8 heteroatoms. The maximum Gasteiger partial charge on any atom is 0.338 e. The summed E-state index contributed by atoms with van der Waals surface area (Å²) in [6.07, 6.45) is 1.78. The molecular weight excluding hydrogens is 420 g/mol. The number of carbonyl (C=O) groups is 1. The molecule has 0 N–H and O–H groups in total. The number of carbonyl (C=O) groups excluding carboxylic acids is 1. The molecule has 0 saturated carbocycles. The Morgan fingerprint density at radius 2 is 1.74 bits per heavy atom. The Labute approximate surface area is 186 Å². The number of aryl methyl sites for hydroxylation is 1. The molecule has 3 aromatic rings. The van der Waals surface area contributed by atoms with E-state index in [0.717, 1.165) is 11.1 Å². The van der Waals surface area contributed by atoms with E-state index >= 15 is 0 Å². The molecular formula is C23H25ClN2O5. The maximum absolute atomic E-state index is 12.1. The fourth-order valence-electron chi connectivity index (χ4n) is 3.37. The molecule has 0 aliphatic heterocycles. The van der Waals surface area contributed by atoms with Gasteiger partial charge in [-0.25, -0.2) is 9.78 Å². The molecule has 0 unspecified atom stereocenters. The van der Waals surface area contributed by atoms with Crippen molar-refractivity contribution in [1.82, 2.24) is 9.55 Å². The van der Waals surface area contributed by atoms with Crippen LogP contribution in [0.3, 0.4) is 0 Å². The van der Waals surface area contributed by atoms with Gasteiger partial charge in [0.1, 0.15) is 0 Å². The average Bonchev–Trinajstić information content (AvgIpc) is 3.16. The molecule has 1 heterocycles. The zero-order valence-corrected chi connectivity index (χ0v) is 18.9. The van der Waals surface area contributed by atoms with Gasteiger partial charge in [0.15, 0.2) is 17.3 Å². The number of imidazole rings is 1. The number of hydrogen-bond acceptors (Lipinski definition) is 6. The minimum atomic E-state index is -0.379. The number of hydrogen-bond donors (Lipinski definition) is 0. The smallest absolute Gasteiger partial charge is 0.338 e. The molecule has 0 radical (unpaired) electrons. The van der Waals surface area contributed by atoms with Crippen LogP contribution >= 0.6 is 11.6 Å². The highest BCUT2D eigenvalue weighted by Gasteiger charge is 2.17. The van der Waals surface area contributed by atoms with E-state index in [1.807, 2.05) is 29.7 Å². The van der Waals surface area contributed by atoms with Crippen molar-refractivity contribution in [2.24, 2.45) is 0 Å². The summed E-state index contributed by atoms with van der Waals surface area (Å²) < 4.78 is 23.3. The summed E-state index contributed by atoms with van der Waals surface area (Å²) >= 11 is 6.69. The van der Waals surface area contributed by atoms with Crippen LogP contribution in [0.25, 0.3) is 22.1 Å². The first-order chi connectivity index (χ1) is 15.0. The van der Waals surface area contributed by atoms with Crippen molar-refractivity contribution in [3.63, 3.8) is 0 Å². The molecule has 2 aromatic carbocycles. The lowest BCUT2D eigenvalue weighted by molar-refractivity contribution is 0.0526. The monoisotopic (exact) mass is 444 g/mol. The molecule has 0 spiro atoms. The van der Waals surface area contributed by atoms with Crippen LogP contribution in [0.2, 0.25) is 0 Å². The SMILES string of the molecule is CCOC(=O)c1ccc2c(c1)nc(C(Cl)=Cc1cc(OC)c(OC)c(OC)c1)n2CC. The van der Waals surface area contributed by atoms with Gasteiger partial charge in [-0.1, -0.05) is 11.6 Å². The minimum absolute atomic E-state index is 0.314. The molecule has 3 rings (SSSR count). The molecule has 0 saturated heterocycles. The Hall–Kier alpha value is -3.19. The van der Waals surface area contributed by atoms with E-state index in [1.165, 1.54) is 0 Å². The predicted molar refractivity (Wildman–Crippen MR) is 121 cm³/mol. The van der Waals surface area contributed by atoms with Crippen molar-refractivity contribution < 1.29 is 23.7 Å². The zero-order valence-electron chi connectivity index (χ0n) is 18.2. The van der Waals surface area contributed by atoms with Gasteiger partial charge in [0, 0.05) is 6.54 Å². The van der Waals surface area contributed by atoms with E-state index in [2.05, 4.69) is 4.98 Å². The minimum Gasteiger partial charge on any atom is -0.493 e. The van der Waals surface area contributed by atoms with Crippen LogP contribution in [0.5, 0.6) is 17.2 Å². The third kappa shape index (κ3) is 4.46. The summed E-state index contributed by atoms with van der Waals surface area (Å²) in [4.78, 5) is 16.7. The second kappa shape index (κ2) is 9.75. The normalized spacial score (nSPS) is 11.5. The Morgan fingerprint density at radius 1 is 1.06 bits per heavy atom. The standard InChI is InChI=1S/C23H25ClN2O5/c1-6-26-18-9-8-15(23(27)31-7-2)13-17(18)25-22(26)16(24)10-14-11-19(28-3)21(30-5)20(12-14)29-4/h8-13H,6-7H2,1-5H3.